The topological polar surface area (TPSA) is 45.4 Å². The SMILES string of the molecule is CC(C)(O)c1ccc(CN[C@@H]2CCCc3occc32)cc1. The minimum Gasteiger partial charge on any atom is -0.469 e. The second kappa shape index (κ2) is 5.66. The van der Waals surface area contributed by atoms with E-state index in [-0.39, 0.29) is 0 Å². The lowest BCUT2D eigenvalue weighted by Gasteiger charge is -2.23. The summed E-state index contributed by atoms with van der Waals surface area (Å²) < 4.78 is 5.52. The number of rotatable bonds is 4. The van der Waals surface area contributed by atoms with Crippen LogP contribution in [0.2, 0.25) is 0 Å². The highest BCUT2D eigenvalue weighted by molar-refractivity contribution is 5.27. The van der Waals surface area contributed by atoms with Gasteiger partial charge in [0.05, 0.1) is 11.9 Å². The van der Waals surface area contributed by atoms with Gasteiger partial charge in [-0.05, 0) is 43.9 Å². The molecule has 3 nitrogen and oxygen atoms in total. The van der Waals surface area contributed by atoms with Crippen LogP contribution in [0.25, 0.3) is 0 Å². The number of hydrogen-bond acceptors (Lipinski definition) is 3. The summed E-state index contributed by atoms with van der Waals surface area (Å²) in [4.78, 5) is 0. The monoisotopic (exact) mass is 285 g/mol. The van der Waals surface area contributed by atoms with Crippen LogP contribution in [0.5, 0.6) is 0 Å². The van der Waals surface area contributed by atoms with Gasteiger partial charge in [-0.1, -0.05) is 24.3 Å². The molecule has 0 aliphatic heterocycles. The van der Waals surface area contributed by atoms with Crippen molar-refractivity contribution in [3.8, 4) is 0 Å². The summed E-state index contributed by atoms with van der Waals surface area (Å²) in [5, 5.41) is 13.6. The number of aryl methyl sites for hydroxylation is 1. The van der Waals surface area contributed by atoms with Gasteiger partial charge in [0.25, 0.3) is 0 Å². The maximum Gasteiger partial charge on any atom is 0.108 e. The summed E-state index contributed by atoms with van der Waals surface area (Å²) in [5.41, 5.74) is 2.72. The van der Waals surface area contributed by atoms with E-state index in [0.29, 0.717) is 6.04 Å². The highest BCUT2D eigenvalue weighted by Gasteiger charge is 2.22. The summed E-state index contributed by atoms with van der Waals surface area (Å²) in [6.45, 7) is 4.45. The summed E-state index contributed by atoms with van der Waals surface area (Å²) in [5.74, 6) is 1.14. The summed E-state index contributed by atoms with van der Waals surface area (Å²) in [7, 11) is 0. The van der Waals surface area contributed by atoms with E-state index >= 15 is 0 Å². The van der Waals surface area contributed by atoms with Gasteiger partial charge in [0.15, 0.2) is 0 Å². The number of furan rings is 1. The zero-order chi connectivity index (χ0) is 14.9. The Hall–Kier alpha value is -1.58. The smallest absolute Gasteiger partial charge is 0.108 e. The first-order valence-corrected chi connectivity index (χ1v) is 7.65. The molecule has 2 N–H and O–H groups in total. The van der Waals surface area contributed by atoms with Crippen LogP contribution in [-0.2, 0) is 18.6 Å². The maximum atomic E-state index is 9.97. The van der Waals surface area contributed by atoms with Crippen molar-refractivity contribution in [1.29, 1.82) is 0 Å². The van der Waals surface area contributed by atoms with Crippen molar-refractivity contribution in [1.82, 2.24) is 5.32 Å². The summed E-state index contributed by atoms with van der Waals surface area (Å²) >= 11 is 0. The molecule has 3 rings (SSSR count). The first-order valence-electron chi connectivity index (χ1n) is 7.65. The first kappa shape index (κ1) is 14.4. The molecule has 0 saturated heterocycles. The second-order valence-electron chi connectivity index (χ2n) is 6.38. The molecule has 1 aliphatic rings. The molecule has 0 amide bonds. The van der Waals surface area contributed by atoms with E-state index in [1.807, 2.05) is 26.0 Å². The molecule has 0 bridgehead atoms. The van der Waals surface area contributed by atoms with Gasteiger partial charge in [-0.3, -0.25) is 0 Å². The molecular weight excluding hydrogens is 262 g/mol. The molecule has 0 saturated carbocycles. The summed E-state index contributed by atoms with van der Waals surface area (Å²) in [6.07, 6.45) is 5.19. The molecule has 2 aromatic rings. The molecular formula is C18H23NO2. The third-order valence-corrected chi connectivity index (χ3v) is 4.26. The minimum atomic E-state index is -0.777. The van der Waals surface area contributed by atoms with Gasteiger partial charge in [-0.25, -0.2) is 0 Å². The Balaban J connectivity index is 1.64. The fraction of sp³-hybridized carbons (Fsp3) is 0.444. The van der Waals surface area contributed by atoms with Crippen LogP contribution in [0.15, 0.2) is 41.0 Å². The van der Waals surface area contributed by atoms with E-state index in [0.717, 1.165) is 30.7 Å². The van der Waals surface area contributed by atoms with Gasteiger partial charge in [0.1, 0.15) is 5.76 Å². The van der Waals surface area contributed by atoms with Crippen molar-refractivity contribution in [2.75, 3.05) is 0 Å². The summed E-state index contributed by atoms with van der Waals surface area (Å²) in [6, 6.07) is 10.6. The van der Waals surface area contributed by atoms with Crippen LogP contribution in [-0.4, -0.2) is 5.11 Å². The Bertz CT molecular complexity index is 592. The molecule has 112 valence electrons. The number of hydrogen-bond donors (Lipinski definition) is 2. The van der Waals surface area contributed by atoms with Gasteiger partial charge in [0.2, 0.25) is 0 Å². The molecule has 0 radical (unpaired) electrons. The average Bonchev–Trinajstić information content (AvgIpc) is 2.93. The van der Waals surface area contributed by atoms with Crippen LogP contribution < -0.4 is 5.32 Å². The number of nitrogens with one attached hydrogen (secondary N) is 1. The Labute approximate surface area is 126 Å². The molecule has 1 heterocycles. The third kappa shape index (κ3) is 3.20. The van der Waals surface area contributed by atoms with Crippen molar-refractivity contribution in [2.45, 2.75) is 51.3 Å². The van der Waals surface area contributed by atoms with E-state index in [1.165, 1.54) is 17.5 Å². The van der Waals surface area contributed by atoms with E-state index in [2.05, 4.69) is 23.5 Å². The highest BCUT2D eigenvalue weighted by atomic mass is 16.3. The molecule has 1 atom stereocenters. The lowest BCUT2D eigenvalue weighted by molar-refractivity contribution is 0.0786. The van der Waals surface area contributed by atoms with Crippen molar-refractivity contribution < 1.29 is 9.52 Å². The lowest BCUT2D eigenvalue weighted by atomic mass is 9.93. The van der Waals surface area contributed by atoms with Gasteiger partial charge >= 0.3 is 0 Å². The van der Waals surface area contributed by atoms with Crippen molar-refractivity contribution in [3.05, 3.63) is 59.0 Å². The lowest BCUT2D eigenvalue weighted by Crippen LogP contribution is -2.24. The standard InChI is InChI=1S/C18H23NO2/c1-18(2,20)14-8-6-13(7-9-14)12-19-16-4-3-5-17-15(16)10-11-21-17/h6-11,16,19-20H,3-5,12H2,1-2H3/t16-/m1/s1. The van der Waals surface area contributed by atoms with Crippen molar-refractivity contribution >= 4 is 0 Å². The van der Waals surface area contributed by atoms with Crippen LogP contribution in [0.3, 0.4) is 0 Å². The number of benzene rings is 1. The fourth-order valence-electron chi connectivity index (χ4n) is 2.97. The zero-order valence-corrected chi connectivity index (χ0v) is 12.7. The molecule has 1 aliphatic carbocycles. The number of fused-ring (bicyclic) bond motifs is 1. The molecule has 0 unspecified atom stereocenters. The quantitative estimate of drug-likeness (QED) is 0.901. The van der Waals surface area contributed by atoms with Crippen molar-refractivity contribution in [3.63, 3.8) is 0 Å². The average molecular weight is 285 g/mol. The largest absolute Gasteiger partial charge is 0.469 e. The Morgan fingerprint density at radius 3 is 2.71 bits per heavy atom. The second-order valence-corrected chi connectivity index (χ2v) is 6.38. The Morgan fingerprint density at radius 2 is 2.00 bits per heavy atom. The zero-order valence-electron chi connectivity index (χ0n) is 12.7. The van der Waals surface area contributed by atoms with Crippen molar-refractivity contribution in [2.24, 2.45) is 0 Å². The van der Waals surface area contributed by atoms with Crippen LogP contribution in [0.4, 0.5) is 0 Å². The van der Waals surface area contributed by atoms with Gasteiger partial charge in [-0.15, -0.1) is 0 Å². The van der Waals surface area contributed by atoms with Crippen LogP contribution >= 0.6 is 0 Å². The maximum absolute atomic E-state index is 9.97. The molecule has 3 heteroatoms. The first-order chi connectivity index (χ1) is 10.0. The predicted molar refractivity (Wildman–Crippen MR) is 82.9 cm³/mol. The Kier molecular flexibility index (Phi) is 3.87. The fourth-order valence-corrected chi connectivity index (χ4v) is 2.97. The molecule has 1 aromatic heterocycles. The Morgan fingerprint density at radius 1 is 1.24 bits per heavy atom. The van der Waals surface area contributed by atoms with Crippen LogP contribution in [0.1, 0.15) is 55.2 Å². The van der Waals surface area contributed by atoms with E-state index in [4.69, 9.17) is 4.42 Å². The molecule has 0 fully saturated rings. The molecule has 0 spiro atoms. The van der Waals surface area contributed by atoms with Gasteiger partial charge in [-0.2, -0.15) is 0 Å². The highest BCUT2D eigenvalue weighted by Crippen LogP contribution is 2.30. The number of aliphatic hydroxyl groups is 1. The van der Waals surface area contributed by atoms with Gasteiger partial charge in [0, 0.05) is 24.6 Å². The normalized spacial score (nSPS) is 18.5. The molecule has 1 aromatic carbocycles. The van der Waals surface area contributed by atoms with E-state index < -0.39 is 5.60 Å². The minimum absolute atomic E-state index is 0.390. The van der Waals surface area contributed by atoms with E-state index in [1.54, 1.807) is 6.26 Å². The third-order valence-electron chi connectivity index (χ3n) is 4.26. The molecule has 21 heavy (non-hydrogen) atoms. The predicted octanol–water partition coefficient (Wildman–Crippen LogP) is 3.67. The van der Waals surface area contributed by atoms with E-state index in [9.17, 15) is 5.11 Å². The van der Waals surface area contributed by atoms with Crippen LogP contribution in [0, 0.1) is 0 Å². The van der Waals surface area contributed by atoms with Gasteiger partial charge < -0.3 is 14.8 Å².